The lowest BCUT2D eigenvalue weighted by molar-refractivity contribution is 0.660. The average Bonchev–Trinajstić information content (AvgIpc) is 4.03. The number of nitrogens with zero attached hydrogens (tertiary/aromatic N) is 2. The largest absolute Gasteiger partial charge is 0.309 e. The Morgan fingerprint density at radius 3 is 1.27 bits per heavy atom. The first-order valence-corrected chi connectivity index (χ1v) is 24.8. The SMILES string of the molecule is CC1(C)c2ccccc2-c2ccc(-c3c4ccc(-n5c6ccccc6c6ccccc65)cc4c(-c4ccc(-c5cccc6ccccc56)cc4)c4ccc(-n5c6ccccc6c6ccccc65)cc34)cc21. The Labute approximate surface area is 411 Å². The van der Waals surface area contributed by atoms with Crippen LogP contribution in [0.1, 0.15) is 25.0 Å². The Bertz CT molecular complexity index is 4430. The van der Waals surface area contributed by atoms with Crippen molar-refractivity contribution in [3.8, 4) is 55.9 Å². The highest BCUT2D eigenvalue weighted by atomic mass is 15.0. The first kappa shape index (κ1) is 40.0. The Balaban J connectivity index is 1.06. The summed E-state index contributed by atoms with van der Waals surface area (Å²) in [5.74, 6) is 0. The number of hydrogen-bond donors (Lipinski definition) is 0. The van der Waals surface area contributed by atoms with E-state index in [1.54, 1.807) is 0 Å². The van der Waals surface area contributed by atoms with E-state index >= 15 is 0 Å². The van der Waals surface area contributed by atoms with Crippen LogP contribution < -0.4 is 0 Å². The summed E-state index contributed by atoms with van der Waals surface area (Å²) in [5, 5.41) is 12.4. The molecule has 71 heavy (non-hydrogen) atoms. The predicted molar refractivity (Wildman–Crippen MR) is 302 cm³/mol. The van der Waals surface area contributed by atoms with Crippen LogP contribution in [0.15, 0.2) is 243 Å². The number of benzene rings is 12. The summed E-state index contributed by atoms with van der Waals surface area (Å²) >= 11 is 0. The number of para-hydroxylation sites is 4. The fourth-order valence-corrected chi connectivity index (χ4v) is 12.7. The maximum Gasteiger partial charge on any atom is 0.0541 e. The molecule has 14 aromatic rings. The van der Waals surface area contributed by atoms with Crippen molar-refractivity contribution in [1.29, 1.82) is 0 Å². The molecule has 0 N–H and O–H groups in total. The van der Waals surface area contributed by atoms with E-state index in [1.165, 1.54) is 132 Å². The highest BCUT2D eigenvalue weighted by molar-refractivity contribution is 6.23. The van der Waals surface area contributed by atoms with Gasteiger partial charge in [0.05, 0.1) is 22.1 Å². The number of hydrogen-bond acceptors (Lipinski definition) is 0. The lowest BCUT2D eigenvalue weighted by atomic mass is 9.80. The molecular formula is C69H46N2. The third kappa shape index (κ3) is 5.76. The van der Waals surface area contributed by atoms with Crippen LogP contribution in [-0.4, -0.2) is 9.13 Å². The van der Waals surface area contributed by atoms with Crippen LogP contribution in [0, 0.1) is 0 Å². The molecule has 1 aliphatic carbocycles. The van der Waals surface area contributed by atoms with Crippen LogP contribution in [0.5, 0.6) is 0 Å². The first-order chi connectivity index (χ1) is 35.0. The summed E-state index contributed by atoms with van der Waals surface area (Å²) in [7, 11) is 0. The molecule has 2 heteroatoms. The first-order valence-electron chi connectivity index (χ1n) is 24.8. The normalized spacial score (nSPS) is 13.0. The molecule has 0 atom stereocenters. The zero-order chi connectivity index (χ0) is 47.0. The number of fused-ring (bicyclic) bond motifs is 12. The maximum atomic E-state index is 2.51. The van der Waals surface area contributed by atoms with Gasteiger partial charge in [0, 0.05) is 38.3 Å². The molecule has 0 bridgehead atoms. The van der Waals surface area contributed by atoms with Crippen LogP contribution in [0.2, 0.25) is 0 Å². The quantitative estimate of drug-likeness (QED) is 0.152. The van der Waals surface area contributed by atoms with Gasteiger partial charge in [-0.15, -0.1) is 0 Å². The minimum absolute atomic E-state index is 0.156. The van der Waals surface area contributed by atoms with E-state index in [-0.39, 0.29) is 5.41 Å². The molecule has 0 saturated heterocycles. The molecule has 0 radical (unpaired) electrons. The van der Waals surface area contributed by atoms with Crippen LogP contribution in [-0.2, 0) is 5.41 Å². The highest BCUT2D eigenvalue weighted by Gasteiger charge is 2.35. The Kier molecular flexibility index (Phi) is 8.45. The van der Waals surface area contributed by atoms with Crippen molar-refractivity contribution in [2.45, 2.75) is 19.3 Å². The molecule has 0 fully saturated rings. The molecule has 0 spiro atoms. The zero-order valence-electron chi connectivity index (χ0n) is 39.5. The molecule has 332 valence electrons. The molecule has 1 aliphatic rings. The molecular weight excluding hydrogens is 857 g/mol. The maximum absolute atomic E-state index is 2.51. The van der Waals surface area contributed by atoms with E-state index in [0.717, 1.165) is 11.4 Å². The van der Waals surface area contributed by atoms with Crippen LogP contribution in [0.4, 0.5) is 0 Å². The van der Waals surface area contributed by atoms with Crippen molar-refractivity contribution >= 4 is 75.9 Å². The lowest BCUT2D eigenvalue weighted by Crippen LogP contribution is -2.14. The van der Waals surface area contributed by atoms with Gasteiger partial charge in [-0.2, -0.15) is 0 Å². The molecule has 2 aromatic heterocycles. The van der Waals surface area contributed by atoms with Gasteiger partial charge < -0.3 is 9.13 Å². The van der Waals surface area contributed by atoms with Crippen molar-refractivity contribution in [3.05, 3.63) is 254 Å². The van der Waals surface area contributed by atoms with Crippen molar-refractivity contribution in [2.24, 2.45) is 0 Å². The second kappa shape index (κ2) is 15.0. The monoisotopic (exact) mass is 902 g/mol. The topological polar surface area (TPSA) is 9.86 Å². The Morgan fingerprint density at radius 2 is 0.690 bits per heavy atom. The van der Waals surface area contributed by atoms with E-state index in [2.05, 4.69) is 266 Å². The van der Waals surface area contributed by atoms with Gasteiger partial charge >= 0.3 is 0 Å². The molecule has 2 nitrogen and oxygen atoms in total. The third-order valence-electron chi connectivity index (χ3n) is 15.9. The van der Waals surface area contributed by atoms with E-state index in [9.17, 15) is 0 Å². The summed E-state index contributed by atoms with van der Waals surface area (Å²) in [5.41, 5.74) is 19.7. The van der Waals surface area contributed by atoms with Crippen LogP contribution in [0.3, 0.4) is 0 Å². The highest BCUT2D eigenvalue weighted by Crippen LogP contribution is 2.52. The van der Waals surface area contributed by atoms with E-state index in [1.807, 2.05) is 0 Å². The van der Waals surface area contributed by atoms with Gasteiger partial charge in [0.25, 0.3) is 0 Å². The summed E-state index contributed by atoms with van der Waals surface area (Å²) in [4.78, 5) is 0. The minimum Gasteiger partial charge on any atom is -0.309 e. The average molecular weight is 903 g/mol. The van der Waals surface area contributed by atoms with Gasteiger partial charge in [0.1, 0.15) is 0 Å². The van der Waals surface area contributed by atoms with Crippen molar-refractivity contribution in [3.63, 3.8) is 0 Å². The Hall–Kier alpha value is -8.98. The smallest absolute Gasteiger partial charge is 0.0541 e. The van der Waals surface area contributed by atoms with Gasteiger partial charge in [-0.3, -0.25) is 0 Å². The van der Waals surface area contributed by atoms with Gasteiger partial charge in [-0.1, -0.05) is 202 Å². The summed E-state index contributed by atoms with van der Waals surface area (Å²) in [6, 6.07) is 90.8. The van der Waals surface area contributed by atoms with E-state index in [4.69, 9.17) is 0 Å². The second-order valence-corrected chi connectivity index (χ2v) is 20.0. The van der Waals surface area contributed by atoms with Crippen molar-refractivity contribution < 1.29 is 0 Å². The fraction of sp³-hybridized carbons (Fsp3) is 0.0435. The van der Waals surface area contributed by atoms with Crippen LogP contribution in [0.25, 0.3) is 132 Å². The predicted octanol–water partition coefficient (Wildman–Crippen LogP) is 18.6. The van der Waals surface area contributed by atoms with Gasteiger partial charge in [-0.25, -0.2) is 0 Å². The van der Waals surface area contributed by atoms with Gasteiger partial charge in [0.15, 0.2) is 0 Å². The second-order valence-electron chi connectivity index (χ2n) is 20.0. The summed E-state index contributed by atoms with van der Waals surface area (Å²) in [6.07, 6.45) is 0. The number of aromatic nitrogens is 2. The minimum atomic E-state index is -0.156. The molecule has 12 aromatic carbocycles. The molecule has 0 aliphatic heterocycles. The number of rotatable bonds is 5. The lowest BCUT2D eigenvalue weighted by Gasteiger charge is -2.23. The summed E-state index contributed by atoms with van der Waals surface area (Å²) < 4.78 is 4.92. The van der Waals surface area contributed by atoms with Crippen LogP contribution >= 0.6 is 0 Å². The molecule has 0 saturated carbocycles. The Morgan fingerprint density at radius 1 is 0.268 bits per heavy atom. The molecule has 15 rings (SSSR count). The van der Waals surface area contributed by atoms with Crippen molar-refractivity contribution in [1.82, 2.24) is 9.13 Å². The van der Waals surface area contributed by atoms with Crippen molar-refractivity contribution in [2.75, 3.05) is 0 Å². The molecule has 2 heterocycles. The summed E-state index contributed by atoms with van der Waals surface area (Å²) in [6.45, 7) is 4.78. The molecule has 0 amide bonds. The third-order valence-corrected chi connectivity index (χ3v) is 15.9. The zero-order valence-corrected chi connectivity index (χ0v) is 39.5. The van der Waals surface area contributed by atoms with E-state index in [0.29, 0.717) is 0 Å². The van der Waals surface area contributed by atoms with Gasteiger partial charge in [0.2, 0.25) is 0 Å². The van der Waals surface area contributed by atoms with Gasteiger partial charge in [-0.05, 0) is 143 Å². The molecule has 0 unspecified atom stereocenters. The fourth-order valence-electron chi connectivity index (χ4n) is 12.7. The standard InChI is InChI=1S/C69H46N2/c1-69(2)61-25-10-5-19-51(61)52-37-34-46(40-62(52)69)68-58-39-36-47(70-63-26-11-6-20-53(63)54-21-7-12-27-64(54)70)41-59(58)67(45-32-30-44(31-33-45)50-24-15-17-43-16-3-4-18-49(43)50)57-38-35-48(42-60(57)68)71-65-28-13-8-22-55(65)56-23-9-14-29-66(56)71/h3-42H,1-2H3. The van der Waals surface area contributed by atoms with E-state index < -0.39 is 0 Å².